The first kappa shape index (κ1) is 27.1. The quantitative estimate of drug-likeness (QED) is 0.311. The van der Waals surface area contributed by atoms with Gasteiger partial charge in [-0.1, -0.05) is 6.07 Å². The molecule has 0 atom stereocenters. The maximum absolute atomic E-state index is 15.2. The van der Waals surface area contributed by atoms with Crippen LogP contribution in [0.1, 0.15) is 38.8 Å². The second-order valence-corrected chi connectivity index (χ2v) is 12.0. The molecular weight excluding hydrogens is 509 g/mol. The van der Waals surface area contributed by atoms with Gasteiger partial charge < -0.3 is 10.1 Å². The van der Waals surface area contributed by atoms with Crippen LogP contribution in [0.25, 0.3) is 10.9 Å². The van der Waals surface area contributed by atoms with Gasteiger partial charge in [0.15, 0.2) is 11.6 Å². The Morgan fingerprint density at radius 3 is 2.55 bits per heavy atom. The van der Waals surface area contributed by atoms with Crippen LogP contribution in [0.15, 0.2) is 55.0 Å². The van der Waals surface area contributed by atoms with Crippen molar-refractivity contribution in [2.45, 2.75) is 46.6 Å². The Balaban J connectivity index is 1.54. The summed E-state index contributed by atoms with van der Waals surface area (Å²) in [7, 11) is -3.48. The molecule has 1 amide bonds. The van der Waals surface area contributed by atoms with E-state index in [4.69, 9.17) is 4.74 Å². The molecule has 0 bridgehead atoms. The van der Waals surface area contributed by atoms with Crippen LogP contribution in [0, 0.1) is 12.7 Å². The number of carbonyl (C=O) groups excluding carboxylic acids is 1. The number of sulfonamides is 1. The summed E-state index contributed by atoms with van der Waals surface area (Å²) in [5, 5.41) is 7.57. The predicted molar refractivity (Wildman–Crippen MR) is 146 cm³/mol. The Labute approximate surface area is 221 Å². The van der Waals surface area contributed by atoms with Crippen LogP contribution >= 0.6 is 0 Å². The number of hydrogen-bond acceptors (Lipinski definition) is 6. The maximum atomic E-state index is 15.2. The van der Waals surface area contributed by atoms with Crippen LogP contribution in [0.4, 0.5) is 15.8 Å². The SMILES string of the molecule is CCS(=O)(=O)Nc1ccc2nccc(Oc3c(C)cc(CC(=O)Nc4cnn(C(C)(C)C)c4)cc3F)c2c1. The van der Waals surface area contributed by atoms with Crippen LogP contribution in [-0.2, 0) is 26.8 Å². The molecule has 0 aliphatic rings. The number of fused-ring (bicyclic) bond motifs is 1. The van der Waals surface area contributed by atoms with E-state index in [-0.39, 0.29) is 29.4 Å². The van der Waals surface area contributed by atoms with Gasteiger partial charge in [-0.2, -0.15) is 5.10 Å². The van der Waals surface area contributed by atoms with Crippen molar-refractivity contribution in [1.29, 1.82) is 0 Å². The molecule has 0 aliphatic heterocycles. The van der Waals surface area contributed by atoms with Gasteiger partial charge in [0, 0.05) is 23.5 Å². The fourth-order valence-electron chi connectivity index (χ4n) is 3.81. The number of anilines is 2. The lowest BCUT2D eigenvalue weighted by molar-refractivity contribution is -0.115. The van der Waals surface area contributed by atoms with Crippen LogP contribution in [0.5, 0.6) is 11.5 Å². The number of aromatic nitrogens is 3. The average Bonchev–Trinajstić information content (AvgIpc) is 3.30. The molecule has 2 N–H and O–H groups in total. The molecule has 2 aromatic carbocycles. The number of nitrogens with zero attached hydrogens (tertiary/aromatic N) is 3. The molecule has 9 nitrogen and oxygen atoms in total. The molecule has 38 heavy (non-hydrogen) atoms. The predicted octanol–water partition coefficient (Wildman–Crippen LogP) is 5.37. The van der Waals surface area contributed by atoms with Crippen molar-refractivity contribution in [3.63, 3.8) is 0 Å². The molecule has 0 saturated carbocycles. The molecule has 2 heterocycles. The number of hydrogen-bond donors (Lipinski definition) is 2. The van der Waals surface area contributed by atoms with Gasteiger partial charge in [0.05, 0.1) is 35.1 Å². The number of rotatable bonds is 8. The monoisotopic (exact) mass is 539 g/mol. The fraction of sp³-hybridized carbons (Fsp3) is 0.296. The molecule has 4 rings (SSSR count). The second-order valence-electron chi connectivity index (χ2n) is 9.94. The van der Waals surface area contributed by atoms with E-state index < -0.39 is 15.8 Å². The van der Waals surface area contributed by atoms with Crippen LogP contribution < -0.4 is 14.8 Å². The van der Waals surface area contributed by atoms with E-state index in [0.717, 1.165) is 0 Å². The minimum Gasteiger partial charge on any atom is -0.453 e. The van der Waals surface area contributed by atoms with Crippen LogP contribution in [0.2, 0.25) is 0 Å². The highest BCUT2D eigenvalue weighted by molar-refractivity contribution is 7.92. The molecule has 0 saturated heterocycles. The van der Waals surface area contributed by atoms with Gasteiger partial charge in [0.2, 0.25) is 15.9 Å². The Morgan fingerprint density at radius 2 is 1.89 bits per heavy atom. The van der Waals surface area contributed by atoms with E-state index in [0.29, 0.717) is 39.2 Å². The summed E-state index contributed by atoms with van der Waals surface area (Å²) >= 11 is 0. The third kappa shape index (κ3) is 6.28. The van der Waals surface area contributed by atoms with Crippen molar-refractivity contribution in [3.8, 4) is 11.5 Å². The number of amides is 1. The van der Waals surface area contributed by atoms with E-state index in [2.05, 4.69) is 20.1 Å². The highest BCUT2D eigenvalue weighted by atomic mass is 32.2. The number of ether oxygens (including phenoxy) is 1. The summed E-state index contributed by atoms with van der Waals surface area (Å²) in [4.78, 5) is 16.9. The number of aryl methyl sites for hydroxylation is 1. The number of carbonyl (C=O) groups is 1. The molecule has 0 unspecified atom stereocenters. The van der Waals surface area contributed by atoms with Gasteiger partial charge in [-0.15, -0.1) is 0 Å². The van der Waals surface area contributed by atoms with E-state index in [9.17, 15) is 13.2 Å². The first-order valence-corrected chi connectivity index (χ1v) is 13.7. The summed E-state index contributed by atoms with van der Waals surface area (Å²) in [5.41, 5.74) is 2.24. The smallest absolute Gasteiger partial charge is 0.232 e. The van der Waals surface area contributed by atoms with E-state index in [1.165, 1.54) is 12.3 Å². The van der Waals surface area contributed by atoms with Crippen LogP contribution in [0.3, 0.4) is 0 Å². The van der Waals surface area contributed by atoms with Crippen molar-refractivity contribution in [1.82, 2.24) is 14.8 Å². The molecule has 0 fully saturated rings. The summed E-state index contributed by atoms with van der Waals surface area (Å²) in [6.07, 6.45) is 4.82. The number of nitrogens with one attached hydrogen (secondary N) is 2. The van der Waals surface area contributed by atoms with Crippen molar-refractivity contribution < 1.29 is 22.3 Å². The van der Waals surface area contributed by atoms with Crippen molar-refractivity contribution in [2.24, 2.45) is 0 Å². The molecule has 0 spiro atoms. The van der Waals surface area contributed by atoms with Gasteiger partial charge in [0.1, 0.15) is 5.75 Å². The van der Waals surface area contributed by atoms with Gasteiger partial charge >= 0.3 is 0 Å². The zero-order chi connectivity index (χ0) is 27.7. The lowest BCUT2D eigenvalue weighted by Gasteiger charge is -2.18. The van der Waals surface area contributed by atoms with Crippen molar-refractivity contribution in [2.75, 3.05) is 15.8 Å². The first-order chi connectivity index (χ1) is 17.8. The van der Waals surface area contributed by atoms with Gasteiger partial charge in [-0.25, -0.2) is 12.8 Å². The summed E-state index contributed by atoms with van der Waals surface area (Å²) in [6.45, 7) is 9.24. The molecule has 4 aromatic rings. The molecular formula is C27H30FN5O4S. The third-order valence-corrected chi connectivity index (χ3v) is 7.08. The van der Waals surface area contributed by atoms with Gasteiger partial charge in [0.25, 0.3) is 0 Å². The summed E-state index contributed by atoms with van der Waals surface area (Å²) in [6, 6.07) is 9.40. The molecule has 200 valence electrons. The van der Waals surface area contributed by atoms with Gasteiger partial charge in [-0.3, -0.25) is 19.2 Å². The maximum Gasteiger partial charge on any atom is 0.232 e. The molecule has 11 heteroatoms. The minimum absolute atomic E-state index is 0.00709. The molecule has 0 aliphatic carbocycles. The van der Waals surface area contributed by atoms with E-state index in [1.54, 1.807) is 61.3 Å². The lowest BCUT2D eigenvalue weighted by Crippen LogP contribution is -2.22. The fourth-order valence-corrected chi connectivity index (χ4v) is 4.44. The minimum atomic E-state index is -3.48. The lowest BCUT2D eigenvalue weighted by atomic mass is 10.1. The number of pyridine rings is 1. The Bertz CT molecular complexity index is 1590. The zero-order valence-electron chi connectivity index (χ0n) is 21.9. The highest BCUT2D eigenvalue weighted by Crippen LogP contribution is 2.34. The first-order valence-electron chi connectivity index (χ1n) is 12.1. The standard InChI is InChI=1S/C27H30FN5O4S/c1-6-38(35,36)32-19-7-8-23-21(14-19)24(9-10-29-23)37-26-17(2)11-18(12-22(26)28)13-25(34)31-20-15-30-33(16-20)27(3,4)5/h7-12,14-16,32H,6,13H2,1-5H3,(H,31,34). The van der Waals surface area contributed by atoms with E-state index in [1.807, 2.05) is 20.8 Å². The van der Waals surface area contributed by atoms with Gasteiger partial charge in [-0.05, 0) is 76.1 Å². The summed E-state index contributed by atoms with van der Waals surface area (Å²) in [5.74, 6) is -0.672. The van der Waals surface area contributed by atoms with Crippen molar-refractivity contribution in [3.05, 3.63) is 71.9 Å². The van der Waals surface area contributed by atoms with Crippen molar-refractivity contribution >= 4 is 38.2 Å². The molecule has 2 aromatic heterocycles. The third-order valence-electron chi connectivity index (χ3n) is 5.77. The second kappa shape index (κ2) is 10.4. The Hall–Kier alpha value is -3.99. The number of benzene rings is 2. The topological polar surface area (TPSA) is 115 Å². The Morgan fingerprint density at radius 1 is 1.13 bits per heavy atom. The van der Waals surface area contributed by atoms with Crippen LogP contribution in [-0.4, -0.2) is 34.8 Å². The summed E-state index contributed by atoms with van der Waals surface area (Å²) < 4.78 is 49.3. The normalized spacial score (nSPS) is 11.9. The number of halogens is 1. The largest absolute Gasteiger partial charge is 0.453 e. The highest BCUT2D eigenvalue weighted by Gasteiger charge is 2.17. The Kier molecular flexibility index (Phi) is 7.41. The van der Waals surface area contributed by atoms with E-state index >= 15 is 4.39 Å². The average molecular weight is 540 g/mol. The molecule has 0 radical (unpaired) electrons. The zero-order valence-corrected chi connectivity index (χ0v) is 22.7.